The molecule has 0 bridgehead atoms. The number of ether oxygens (including phenoxy) is 1. The highest BCUT2D eigenvalue weighted by atomic mass is 16.5. The van der Waals surface area contributed by atoms with E-state index in [1.54, 1.807) is 0 Å². The minimum atomic E-state index is 0.136. The average molecular weight is 335 g/mol. The minimum absolute atomic E-state index is 0.136. The summed E-state index contributed by atoms with van der Waals surface area (Å²) in [4.78, 5) is 17.2. The maximum absolute atomic E-state index is 12.8. The van der Waals surface area contributed by atoms with Crippen molar-refractivity contribution in [2.24, 2.45) is 13.0 Å². The number of amides is 1. The predicted molar refractivity (Wildman–Crippen MR) is 90.3 cm³/mol. The number of hydrogen-bond acceptors (Lipinski definition) is 5. The summed E-state index contributed by atoms with van der Waals surface area (Å²) in [7, 11) is 2.00. The molecule has 2 saturated heterocycles. The molecule has 7 nitrogen and oxygen atoms in total. The molecule has 3 heterocycles. The zero-order valence-electron chi connectivity index (χ0n) is 15.2. The number of carbonyl (C=O) groups is 1. The molecule has 134 valence electrons. The molecule has 1 aromatic heterocycles. The van der Waals surface area contributed by atoms with E-state index >= 15 is 0 Å². The molecule has 2 fully saturated rings. The van der Waals surface area contributed by atoms with E-state index < -0.39 is 0 Å². The van der Waals surface area contributed by atoms with Crippen LogP contribution in [0.2, 0.25) is 0 Å². The van der Waals surface area contributed by atoms with Crippen LogP contribution >= 0.6 is 0 Å². The lowest BCUT2D eigenvalue weighted by Crippen LogP contribution is -2.51. The second-order valence-electron chi connectivity index (χ2n) is 7.27. The van der Waals surface area contributed by atoms with Crippen molar-refractivity contribution in [1.29, 1.82) is 0 Å². The Morgan fingerprint density at radius 1 is 1.17 bits per heavy atom. The first-order valence-corrected chi connectivity index (χ1v) is 8.95. The summed E-state index contributed by atoms with van der Waals surface area (Å²) in [5, 5.41) is 8.35. The van der Waals surface area contributed by atoms with Crippen LogP contribution in [-0.2, 0) is 23.1 Å². The second kappa shape index (κ2) is 7.19. The molecule has 0 spiro atoms. The SMILES string of the molecule is Cc1nnc(CN2CCC(C(=O)N3C[C@@H](C)O[C@@H](C)C3)CC2)n1C. The zero-order valence-corrected chi connectivity index (χ0v) is 15.2. The van der Waals surface area contributed by atoms with Gasteiger partial charge < -0.3 is 14.2 Å². The largest absolute Gasteiger partial charge is 0.372 e. The molecular weight excluding hydrogens is 306 g/mol. The van der Waals surface area contributed by atoms with Gasteiger partial charge in [-0.1, -0.05) is 0 Å². The molecule has 0 saturated carbocycles. The average Bonchev–Trinajstić information content (AvgIpc) is 2.86. The lowest BCUT2D eigenvalue weighted by atomic mass is 9.94. The standard InChI is InChI=1S/C17H29N5O2/c1-12-9-22(10-13(2)24-12)17(23)15-5-7-21(8-6-15)11-16-19-18-14(3)20(16)4/h12-13,15H,5-11H2,1-4H3/t12-,13+. The number of likely N-dealkylation sites (tertiary alicyclic amines) is 1. The number of piperidine rings is 1. The monoisotopic (exact) mass is 335 g/mol. The Kier molecular flexibility index (Phi) is 5.20. The molecule has 1 aromatic rings. The third-order valence-electron chi connectivity index (χ3n) is 5.22. The predicted octanol–water partition coefficient (Wildman–Crippen LogP) is 0.971. The van der Waals surface area contributed by atoms with Crippen molar-refractivity contribution in [3.8, 4) is 0 Å². The van der Waals surface area contributed by atoms with E-state index in [2.05, 4.69) is 15.1 Å². The highest BCUT2D eigenvalue weighted by Gasteiger charge is 2.32. The summed E-state index contributed by atoms with van der Waals surface area (Å²) >= 11 is 0. The smallest absolute Gasteiger partial charge is 0.225 e. The van der Waals surface area contributed by atoms with Gasteiger partial charge in [0.25, 0.3) is 0 Å². The van der Waals surface area contributed by atoms with E-state index in [-0.39, 0.29) is 18.1 Å². The number of rotatable bonds is 3. The van der Waals surface area contributed by atoms with Crippen molar-refractivity contribution >= 4 is 5.91 Å². The molecule has 0 unspecified atom stereocenters. The van der Waals surface area contributed by atoms with Gasteiger partial charge in [-0.05, 0) is 46.7 Å². The van der Waals surface area contributed by atoms with E-state index in [4.69, 9.17) is 4.74 Å². The van der Waals surface area contributed by atoms with Crippen LogP contribution in [0.1, 0.15) is 38.3 Å². The Bertz CT molecular complexity index is 570. The summed E-state index contributed by atoms with van der Waals surface area (Å²) < 4.78 is 7.77. The summed E-state index contributed by atoms with van der Waals surface area (Å²) in [6.45, 7) is 10.2. The highest BCUT2D eigenvalue weighted by Crippen LogP contribution is 2.23. The molecule has 0 radical (unpaired) electrons. The van der Waals surface area contributed by atoms with E-state index in [0.29, 0.717) is 5.91 Å². The van der Waals surface area contributed by atoms with Crippen LogP contribution in [0.5, 0.6) is 0 Å². The molecule has 2 aliphatic rings. The lowest BCUT2D eigenvalue weighted by Gasteiger charge is -2.39. The van der Waals surface area contributed by atoms with Gasteiger partial charge in [0.05, 0.1) is 18.8 Å². The molecule has 0 aromatic carbocycles. The van der Waals surface area contributed by atoms with Crippen molar-refractivity contribution in [1.82, 2.24) is 24.6 Å². The molecule has 24 heavy (non-hydrogen) atoms. The van der Waals surface area contributed by atoms with Crippen LogP contribution in [0, 0.1) is 12.8 Å². The summed E-state index contributed by atoms with van der Waals surface area (Å²) in [5.41, 5.74) is 0. The fraction of sp³-hybridized carbons (Fsp3) is 0.824. The van der Waals surface area contributed by atoms with Crippen molar-refractivity contribution in [2.75, 3.05) is 26.2 Å². The van der Waals surface area contributed by atoms with Gasteiger partial charge in [-0.25, -0.2) is 0 Å². The normalized spacial score (nSPS) is 26.8. The van der Waals surface area contributed by atoms with Crippen LogP contribution < -0.4 is 0 Å². The lowest BCUT2D eigenvalue weighted by molar-refractivity contribution is -0.148. The first-order valence-electron chi connectivity index (χ1n) is 8.95. The Balaban J connectivity index is 1.51. The number of hydrogen-bond donors (Lipinski definition) is 0. The Morgan fingerprint density at radius 3 is 2.33 bits per heavy atom. The fourth-order valence-electron chi connectivity index (χ4n) is 3.74. The third kappa shape index (κ3) is 3.78. The third-order valence-corrected chi connectivity index (χ3v) is 5.22. The maximum atomic E-state index is 12.8. The Hall–Kier alpha value is -1.47. The maximum Gasteiger partial charge on any atom is 0.225 e. The van der Waals surface area contributed by atoms with Crippen LogP contribution in [0.25, 0.3) is 0 Å². The fourth-order valence-corrected chi connectivity index (χ4v) is 3.74. The molecule has 1 amide bonds. The Morgan fingerprint density at radius 2 is 1.79 bits per heavy atom. The highest BCUT2D eigenvalue weighted by molar-refractivity contribution is 5.79. The van der Waals surface area contributed by atoms with E-state index in [1.807, 2.05) is 37.3 Å². The van der Waals surface area contributed by atoms with E-state index in [9.17, 15) is 4.79 Å². The molecular formula is C17H29N5O2. The second-order valence-corrected chi connectivity index (χ2v) is 7.27. The number of aromatic nitrogens is 3. The molecule has 7 heteroatoms. The molecule has 2 atom stereocenters. The summed E-state index contributed by atoms with van der Waals surface area (Å²) in [6.07, 6.45) is 2.12. The number of carbonyl (C=O) groups excluding carboxylic acids is 1. The topological polar surface area (TPSA) is 63.5 Å². The van der Waals surface area contributed by atoms with Gasteiger partial charge in [0, 0.05) is 26.1 Å². The van der Waals surface area contributed by atoms with Gasteiger partial charge in [0.2, 0.25) is 5.91 Å². The minimum Gasteiger partial charge on any atom is -0.372 e. The quantitative estimate of drug-likeness (QED) is 0.824. The molecule has 2 aliphatic heterocycles. The van der Waals surface area contributed by atoms with Crippen molar-refractivity contribution in [3.05, 3.63) is 11.6 Å². The van der Waals surface area contributed by atoms with Crippen LogP contribution in [0.4, 0.5) is 0 Å². The van der Waals surface area contributed by atoms with Crippen LogP contribution in [0.15, 0.2) is 0 Å². The number of morpholine rings is 1. The molecule has 3 rings (SSSR count). The van der Waals surface area contributed by atoms with E-state index in [1.165, 1.54) is 0 Å². The van der Waals surface area contributed by atoms with Crippen molar-refractivity contribution < 1.29 is 9.53 Å². The summed E-state index contributed by atoms with van der Waals surface area (Å²) in [6, 6.07) is 0. The van der Waals surface area contributed by atoms with Crippen molar-refractivity contribution in [3.63, 3.8) is 0 Å². The summed E-state index contributed by atoms with van der Waals surface area (Å²) in [5.74, 6) is 2.39. The first kappa shape index (κ1) is 17.4. The zero-order chi connectivity index (χ0) is 17.3. The van der Waals surface area contributed by atoms with Gasteiger partial charge in [-0.3, -0.25) is 9.69 Å². The van der Waals surface area contributed by atoms with Gasteiger partial charge in [0.1, 0.15) is 11.6 Å². The number of nitrogens with zero attached hydrogens (tertiary/aromatic N) is 5. The molecule has 0 N–H and O–H groups in total. The first-order chi connectivity index (χ1) is 11.4. The van der Waals surface area contributed by atoms with Crippen LogP contribution in [0.3, 0.4) is 0 Å². The van der Waals surface area contributed by atoms with Gasteiger partial charge in [-0.2, -0.15) is 0 Å². The van der Waals surface area contributed by atoms with Gasteiger partial charge >= 0.3 is 0 Å². The number of aryl methyl sites for hydroxylation is 1. The van der Waals surface area contributed by atoms with Gasteiger partial charge in [-0.15, -0.1) is 10.2 Å². The van der Waals surface area contributed by atoms with Gasteiger partial charge in [0.15, 0.2) is 0 Å². The Labute approximate surface area is 144 Å². The van der Waals surface area contributed by atoms with E-state index in [0.717, 1.165) is 57.2 Å². The van der Waals surface area contributed by atoms with Crippen molar-refractivity contribution in [2.45, 2.75) is 52.4 Å². The van der Waals surface area contributed by atoms with Crippen LogP contribution in [-0.4, -0.2) is 68.9 Å². The molecule has 0 aliphatic carbocycles.